The number of nitro benzene ring substituents is 1. The molecule has 0 aromatic heterocycles. The van der Waals surface area contributed by atoms with Gasteiger partial charge in [0.15, 0.2) is 0 Å². The van der Waals surface area contributed by atoms with E-state index in [9.17, 15) is 18.9 Å². The fraction of sp³-hybridized carbons (Fsp3) is 0.133. The summed E-state index contributed by atoms with van der Waals surface area (Å²) in [5.41, 5.74) is 0.839. The average molecular weight is 322 g/mol. The molecule has 0 N–H and O–H groups in total. The fourth-order valence-corrected chi connectivity index (χ4v) is 1.76. The number of rotatable bonds is 7. The van der Waals surface area contributed by atoms with E-state index in [1.54, 1.807) is 18.2 Å². The molecule has 0 radical (unpaired) electrons. The maximum Gasteiger partial charge on any atom is 0.387 e. The van der Waals surface area contributed by atoms with Crippen LogP contribution in [0.2, 0.25) is 0 Å². The highest BCUT2D eigenvalue weighted by atomic mass is 19.3. The van der Waals surface area contributed by atoms with Crippen LogP contribution in [-0.2, 0) is 11.4 Å². The number of para-hydroxylation sites is 1. The molecular weight excluding hydrogens is 310 g/mol. The summed E-state index contributed by atoms with van der Waals surface area (Å²) in [5, 5.41) is 14.3. The van der Waals surface area contributed by atoms with Gasteiger partial charge in [0, 0.05) is 17.7 Å². The van der Waals surface area contributed by atoms with Gasteiger partial charge < -0.3 is 9.57 Å². The van der Waals surface area contributed by atoms with E-state index < -0.39 is 11.5 Å². The van der Waals surface area contributed by atoms with Gasteiger partial charge in [-0.3, -0.25) is 10.1 Å². The number of nitro groups is 1. The fourth-order valence-electron chi connectivity index (χ4n) is 1.76. The molecule has 2 aromatic rings. The Morgan fingerprint density at radius 1 is 1.22 bits per heavy atom. The van der Waals surface area contributed by atoms with Gasteiger partial charge in [0.05, 0.1) is 11.1 Å². The molecule has 0 aliphatic heterocycles. The summed E-state index contributed by atoms with van der Waals surface area (Å²) in [7, 11) is 0. The number of nitrogens with zero attached hydrogens (tertiary/aromatic N) is 2. The highest BCUT2D eigenvalue weighted by molar-refractivity contribution is 5.83. The zero-order chi connectivity index (χ0) is 16.7. The lowest BCUT2D eigenvalue weighted by molar-refractivity contribution is -0.384. The van der Waals surface area contributed by atoms with Crippen LogP contribution >= 0.6 is 0 Å². The number of benzene rings is 2. The molecule has 0 amide bonds. The van der Waals surface area contributed by atoms with Crippen molar-refractivity contribution in [2.75, 3.05) is 0 Å². The molecule has 0 saturated carbocycles. The first-order valence-corrected chi connectivity index (χ1v) is 6.49. The Morgan fingerprint density at radius 3 is 2.74 bits per heavy atom. The van der Waals surface area contributed by atoms with Crippen LogP contribution in [0.25, 0.3) is 0 Å². The first-order chi connectivity index (χ1) is 11.1. The molecule has 0 fully saturated rings. The lowest BCUT2D eigenvalue weighted by Gasteiger charge is -2.06. The second kappa shape index (κ2) is 7.83. The van der Waals surface area contributed by atoms with Crippen molar-refractivity contribution in [2.45, 2.75) is 13.2 Å². The Labute approximate surface area is 130 Å². The van der Waals surface area contributed by atoms with Gasteiger partial charge in [-0.25, -0.2) is 0 Å². The van der Waals surface area contributed by atoms with Gasteiger partial charge in [-0.2, -0.15) is 8.78 Å². The maximum absolute atomic E-state index is 12.3. The van der Waals surface area contributed by atoms with Crippen molar-refractivity contribution >= 4 is 11.9 Å². The third kappa shape index (κ3) is 5.03. The molecule has 6 nitrogen and oxygen atoms in total. The predicted molar refractivity (Wildman–Crippen MR) is 78.6 cm³/mol. The Bertz CT molecular complexity index is 707. The van der Waals surface area contributed by atoms with Gasteiger partial charge in [0.1, 0.15) is 12.4 Å². The molecule has 2 rings (SSSR count). The van der Waals surface area contributed by atoms with Crippen LogP contribution in [0.5, 0.6) is 5.75 Å². The summed E-state index contributed by atoms with van der Waals surface area (Å²) in [4.78, 5) is 15.2. The number of alkyl halides is 2. The number of oxime groups is 1. The van der Waals surface area contributed by atoms with Crippen LogP contribution in [0.4, 0.5) is 14.5 Å². The van der Waals surface area contributed by atoms with Gasteiger partial charge >= 0.3 is 6.61 Å². The number of hydrogen-bond donors (Lipinski definition) is 0. The van der Waals surface area contributed by atoms with E-state index in [2.05, 4.69) is 9.89 Å². The summed E-state index contributed by atoms with van der Waals surface area (Å²) in [6.07, 6.45) is 1.23. The molecule has 0 heterocycles. The SMILES string of the molecule is O=[N+]([O-])c1cccc(CO/N=C/c2ccccc2OC(F)F)c1. The van der Waals surface area contributed by atoms with Crippen molar-refractivity contribution in [3.05, 3.63) is 69.8 Å². The lowest BCUT2D eigenvalue weighted by Crippen LogP contribution is -2.04. The number of ether oxygens (including phenoxy) is 1. The summed E-state index contributed by atoms with van der Waals surface area (Å²) in [5.74, 6) is -0.0230. The summed E-state index contributed by atoms with van der Waals surface area (Å²) in [6.45, 7) is -2.92. The molecule has 0 aliphatic rings. The van der Waals surface area contributed by atoms with Gasteiger partial charge in [-0.05, 0) is 17.7 Å². The first kappa shape index (κ1) is 16.3. The van der Waals surface area contributed by atoms with Gasteiger partial charge in [0.2, 0.25) is 0 Å². The van der Waals surface area contributed by atoms with Crippen LogP contribution in [0.3, 0.4) is 0 Å². The van der Waals surface area contributed by atoms with E-state index in [0.717, 1.165) is 0 Å². The molecule has 8 heteroatoms. The van der Waals surface area contributed by atoms with E-state index >= 15 is 0 Å². The number of halogens is 2. The van der Waals surface area contributed by atoms with Crippen molar-refractivity contribution in [3.8, 4) is 5.75 Å². The molecule has 0 spiro atoms. The van der Waals surface area contributed by atoms with E-state index in [1.165, 1.54) is 36.5 Å². The van der Waals surface area contributed by atoms with E-state index in [0.29, 0.717) is 11.1 Å². The average Bonchev–Trinajstić information content (AvgIpc) is 2.53. The van der Waals surface area contributed by atoms with Crippen LogP contribution in [0, 0.1) is 10.1 Å². The monoisotopic (exact) mass is 322 g/mol. The van der Waals surface area contributed by atoms with Crippen LogP contribution in [0.15, 0.2) is 53.7 Å². The second-order valence-corrected chi connectivity index (χ2v) is 4.35. The molecule has 0 unspecified atom stereocenters. The lowest BCUT2D eigenvalue weighted by atomic mass is 10.2. The van der Waals surface area contributed by atoms with E-state index in [1.807, 2.05) is 0 Å². The summed E-state index contributed by atoms with van der Waals surface area (Å²) >= 11 is 0. The Hall–Kier alpha value is -3.03. The minimum absolute atomic E-state index is 0.00997. The Morgan fingerprint density at radius 2 is 2.00 bits per heavy atom. The van der Waals surface area contributed by atoms with Crippen LogP contribution in [-0.4, -0.2) is 17.7 Å². The third-order valence-corrected chi connectivity index (χ3v) is 2.75. The molecule has 0 bridgehead atoms. The third-order valence-electron chi connectivity index (χ3n) is 2.75. The topological polar surface area (TPSA) is 74.0 Å². The van der Waals surface area contributed by atoms with E-state index in [4.69, 9.17) is 4.84 Å². The molecular formula is C15H12F2N2O4. The zero-order valence-corrected chi connectivity index (χ0v) is 11.8. The standard InChI is InChI=1S/C15H12F2N2O4/c16-15(17)23-14-7-2-1-5-12(14)9-18-22-10-11-4-3-6-13(8-11)19(20)21/h1-9,15H,10H2/b18-9+. The Kier molecular flexibility index (Phi) is 5.56. The molecule has 2 aromatic carbocycles. The minimum Gasteiger partial charge on any atom is -0.434 e. The first-order valence-electron chi connectivity index (χ1n) is 6.49. The molecule has 0 aliphatic carbocycles. The normalized spacial score (nSPS) is 10.9. The van der Waals surface area contributed by atoms with Crippen molar-refractivity contribution in [3.63, 3.8) is 0 Å². The smallest absolute Gasteiger partial charge is 0.387 e. The molecule has 0 atom stereocenters. The largest absolute Gasteiger partial charge is 0.434 e. The molecule has 23 heavy (non-hydrogen) atoms. The highest BCUT2D eigenvalue weighted by Gasteiger charge is 2.08. The quantitative estimate of drug-likeness (QED) is 0.442. The zero-order valence-electron chi connectivity index (χ0n) is 11.8. The molecule has 120 valence electrons. The summed E-state index contributed by atoms with van der Waals surface area (Å²) < 4.78 is 28.9. The van der Waals surface area contributed by atoms with Crippen molar-refractivity contribution in [2.24, 2.45) is 5.16 Å². The highest BCUT2D eigenvalue weighted by Crippen LogP contribution is 2.18. The Balaban J connectivity index is 1.97. The van der Waals surface area contributed by atoms with Crippen LogP contribution < -0.4 is 4.74 Å². The van der Waals surface area contributed by atoms with Crippen molar-refractivity contribution < 1.29 is 23.3 Å². The predicted octanol–water partition coefficient (Wildman–Crippen LogP) is 3.75. The van der Waals surface area contributed by atoms with Crippen molar-refractivity contribution in [1.29, 1.82) is 0 Å². The van der Waals surface area contributed by atoms with E-state index in [-0.39, 0.29) is 18.0 Å². The number of non-ortho nitro benzene ring substituents is 1. The molecule has 0 saturated heterocycles. The van der Waals surface area contributed by atoms with Crippen molar-refractivity contribution in [1.82, 2.24) is 0 Å². The summed E-state index contributed by atoms with van der Waals surface area (Å²) in [6, 6.07) is 12.0. The van der Waals surface area contributed by atoms with Gasteiger partial charge in [0.25, 0.3) is 5.69 Å². The van der Waals surface area contributed by atoms with Gasteiger partial charge in [-0.1, -0.05) is 29.4 Å². The second-order valence-electron chi connectivity index (χ2n) is 4.35. The van der Waals surface area contributed by atoms with Crippen LogP contribution in [0.1, 0.15) is 11.1 Å². The minimum atomic E-state index is -2.93. The number of hydrogen-bond acceptors (Lipinski definition) is 5. The maximum atomic E-state index is 12.3. The van der Waals surface area contributed by atoms with Gasteiger partial charge in [-0.15, -0.1) is 0 Å².